The zero-order chi connectivity index (χ0) is 18.7. The number of aliphatic imine (C=N–C) groups is 1. The molecule has 0 aromatic heterocycles. The van der Waals surface area contributed by atoms with Crippen molar-refractivity contribution < 1.29 is 19.4 Å². The Morgan fingerprint density at radius 3 is 2.27 bits per heavy atom. The first-order valence-electron chi connectivity index (χ1n) is 7.75. The molecule has 0 radical (unpaired) electrons. The van der Waals surface area contributed by atoms with Crippen molar-refractivity contribution in [2.75, 3.05) is 14.2 Å². The van der Waals surface area contributed by atoms with Gasteiger partial charge in [-0.2, -0.15) is 0 Å². The van der Waals surface area contributed by atoms with Crippen LogP contribution in [0.3, 0.4) is 0 Å². The van der Waals surface area contributed by atoms with Crippen LogP contribution in [0.5, 0.6) is 11.5 Å². The molecule has 7 heteroatoms. The van der Waals surface area contributed by atoms with Crippen molar-refractivity contribution in [3.63, 3.8) is 0 Å². The first-order valence-corrected chi connectivity index (χ1v) is 8.13. The highest BCUT2D eigenvalue weighted by Crippen LogP contribution is 2.38. The molecule has 0 bridgehead atoms. The van der Waals surface area contributed by atoms with E-state index in [-0.39, 0.29) is 5.57 Å². The lowest BCUT2D eigenvalue weighted by Gasteiger charge is -2.34. The van der Waals surface area contributed by atoms with E-state index in [1.54, 1.807) is 38.5 Å². The third kappa shape index (κ3) is 3.11. The van der Waals surface area contributed by atoms with Gasteiger partial charge in [-0.05, 0) is 24.3 Å². The van der Waals surface area contributed by atoms with Crippen LogP contribution in [-0.2, 0) is 10.5 Å². The fraction of sp³-hybridized carbons (Fsp3) is 0.158. The monoisotopic (exact) mass is 372 g/mol. The van der Waals surface area contributed by atoms with E-state index >= 15 is 0 Å². The maximum Gasteiger partial charge on any atom is 0.338 e. The fourth-order valence-corrected chi connectivity index (χ4v) is 2.90. The Hall–Kier alpha value is -2.99. The topological polar surface area (TPSA) is 80.2 Å². The van der Waals surface area contributed by atoms with Crippen LogP contribution in [0.4, 0.5) is 0 Å². The summed E-state index contributed by atoms with van der Waals surface area (Å²) in [6.45, 7) is 0. The third-order valence-electron chi connectivity index (χ3n) is 4.14. The number of carbonyl (C=O) groups is 1. The molecule has 134 valence electrons. The first kappa shape index (κ1) is 17.8. The lowest BCUT2D eigenvalue weighted by atomic mass is 9.90. The van der Waals surface area contributed by atoms with Gasteiger partial charge in [-0.15, -0.1) is 0 Å². The van der Waals surface area contributed by atoms with E-state index in [1.165, 1.54) is 12.4 Å². The van der Waals surface area contributed by atoms with Gasteiger partial charge < -0.3 is 19.9 Å². The number of hydrogen-bond acceptors (Lipinski definition) is 5. The average molecular weight is 373 g/mol. The smallest absolute Gasteiger partial charge is 0.338 e. The predicted molar refractivity (Wildman–Crippen MR) is 99.1 cm³/mol. The van der Waals surface area contributed by atoms with Gasteiger partial charge >= 0.3 is 5.97 Å². The predicted octanol–water partition coefficient (Wildman–Crippen LogP) is 3.20. The van der Waals surface area contributed by atoms with E-state index in [4.69, 9.17) is 21.1 Å². The van der Waals surface area contributed by atoms with Gasteiger partial charge in [0.1, 0.15) is 0 Å². The second kappa shape index (κ2) is 7.09. The summed E-state index contributed by atoms with van der Waals surface area (Å²) in [7, 11) is 3.11. The number of hydrogen-bond donors (Lipinski definition) is 2. The van der Waals surface area contributed by atoms with Crippen molar-refractivity contribution in [3.05, 3.63) is 70.4 Å². The van der Waals surface area contributed by atoms with Gasteiger partial charge in [-0.1, -0.05) is 29.8 Å². The van der Waals surface area contributed by atoms with Crippen LogP contribution in [0.2, 0.25) is 5.02 Å². The Bertz CT molecular complexity index is 893. The number of rotatable bonds is 5. The zero-order valence-corrected chi connectivity index (χ0v) is 14.9. The van der Waals surface area contributed by atoms with Gasteiger partial charge in [0.2, 0.25) is 0 Å². The van der Waals surface area contributed by atoms with Crippen LogP contribution in [-0.4, -0.2) is 31.5 Å². The quantitative estimate of drug-likeness (QED) is 0.842. The molecule has 1 heterocycles. The fourth-order valence-electron chi connectivity index (χ4n) is 2.77. The molecule has 0 aliphatic carbocycles. The van der Waals surface area contributed by atoms with E-state index in [2.05, 4.69) is 10.3 Å². The maximum absolute atomic E-state index is 11.2. The summed E-state index contributed by atoms with van der Waals surface area (Å²) in [6, 6.07) is 12.6. The SMILES string of the molecule is COc1ccc(C2(c3ccc(Cl)cc3)N=CC(C(=O)O)=CN2)cc1OC. The number of benzene rings is 2. The van der Waals surface area contributed by atoms with Crippen molar-refractivity contribution in [2.24, 2.45) is 4.99 Å². The van der Waals surface area contributed by atoms with Gasteiger partial charge in [0.25, 0.3) is 0 Å². The summed E-state index contributed by atoms with van der Waals surface area (Å²) in [4.78, 5) is 15.8. The summed E-state index contributed by atoms with van der Waals surface area (Å²) < 4.78 is 10.7. The Morgan fingerprint density at radius 1 is 1.08 bits per heavy atom. The molecular formula is C19H17ClN2O4. The van der Waals surface area contributed by atoms with Crippen LogP contribution in [0.25, 0.3) is 0 Å². The normalized spacial score (nSPS) is 18.7. The third-order valence-corrected chi connectivity index (χ3v) is 4.40. The largest absolute Gasteiger partial charge is 0.493 e. The van der Waals surface area contributed by atoms with Crippen molar-refractivity contribution in [1.29, 1.82) is 0 Å². The molecule has 1 atom stereocenters. The molecule has 6 nitrogen and oxygen atoms in total. The number of nitrogens with zero attached hydrogens (tertiary/aromatic N) is 1. The highest BCUT2D eigenvalue weighted by Gasteiger charge is 2.35. The second-order valence-corrected chi connectivity index (χ2v) is 6.03. The lowest BCUT2D eigenvalue weighted by Crippen LogP contribution is -2.41. The van der Waals surface area contributed by atoms with Crippen molar-refractivity contribution in [3.8, 4) is 11.5 Å². The summed E-state index contributed by atoms with van der Waals surface area (Å²) in [6.07, 6.45) is 2.77. The molecule has 2 aromatic carbocycles. The number of carboxylic acid groups (broad SMARTS) is 1. The summed E-state index contributed by atoms with van der Waals surface area (Å²) >= 11 is 6.01. The van der Waals surface area contributed by atoms with Gasteiger partial charge in [-0.25, -0.2) is 4.79 Å². The molecule has 26 heavy (non-hydrogen) atoms. The number of aliphatic carboxylic acids is 1. The summed E-state index contributed by atoms with van der Waals surface area (Å²) in [5.41, 5.74) is 0.610. The van der Waals surface area contributed by atoms with Crippen molar-refractivity contribution in [1.82, 2.24) is 5.32 Å². The zero-order valence-electron chi connectivity index (χ0n) is 14.2. The van der Waals surface area contributed by atoms with Crippen LogP contribution in [0.1, 0.15) is 11.1 Å². The number of nitrogens with one attached hydrogen (secondary N) is 1. The van der Waals surface area contributed by atoms with Gasteiger partial charge in [0.15, 0.2) is 17.2 Å². The molecule has 0 amide bonds. The van der Waals surface area contributed by atoms with Crippen LogP contribution in [0, 0.1) is 0 Å². The Morgan fingerprint density at radius 2 is 1.73 bits per heavy atom. The van der Waals surface area contributed by atoms with E-state index in [0.29, 0.717) is 16.5 Å². The summed E-state index contributed by atoms with van der Waals surface area (Å²) in [5, 5.41) is 12.9. The number of ether oxygens (including phenoxy) is 2. The molecule has 3 rings (SSSR count). The van der Waals surface area contributed by atoms with E-state index in [0.717, 1.165) is 11.1 Å². The van der Waals surface area contributed by atoms with Gasteiger partial charge in [-0.3, -0.25) is 4.99 Å². The number of carboxylic acids is 1. The summed E-state index contributed by atoms with van der Waals surface area (Å²) in [5.74, 6) is 0.0747. The number of halogens is 1. The highest BCUT2D eigenvalue weighted by molar-refractivity contribution is 6.30. The average Bonchev–Trinajstić information content (AvgIpc) is 2.68. The molecule has 0 fully saturated rings. The molecule has 2 N–H and O–H groups in total. The van der Waals surface area contributed by atoms with Gasteiger partial charge in [0, 0.05) is 28.6 Å². The second-order valence-electron chi connectivity index (χ2n) is 5.59. The number of methoxy groups -OCH3 is 2. The van der Waals surface area contributed by atoms with Crippen molar-refractivity contribution in [2.45, 2.75) is 5.66 Å². The molecule has 1 aliphatic rings. The highest BCUT2D eigenvalue weighted by atomic mass is 35.5. The standard InChI is InChI=1S/C19H17ClN2O4/c1-25-16-8-5-14(9-17(16)26-2)19(13-3-6-15(20)7-4-13)21-10-12(11-22-19)18(23)24/h3-11,21H,1-2H3,(H,23,24). The van der Waals surface area contributed by atoms with Crippen molar-refractivity contribution >= 4 is 23.8 Å². The molecular weight excluding hydrogens is 356 g/mol. The first-order chi connectivity index (χ1) is 12.5. The van der Waals surface area contributed by atoms with Crippen LogP contribution in [0.15, 0.2) is 59.2 Å². The minimum atomic E-state index is -1.06. The van der Waals surface area contributed by atoms with E-state index < -0.39 is 11.6 Å². The van der Waals surface area contributed by atoms with E-state index in [9.17, 15) is 9.90 Å². The maximum atomic E-state index is 11.2. The van der Waals surface area contributed by atoms with E-state index in [1.807, 2.05) is 18.2 Å². The minimum Gasteiger partial charge on any atom is -0.493 e. The Kier molecular flexibility index (Phi) is 4.86. The Balaban J connectivity index is 2.15. The van der Waals surface area contributed by atoms with Crippen LogP contribution < -0.4 is 14.8 Å². The molecule has 1 aliphatic heterocycles. The Labute approximate surface area is 155 Å². The van der Waals surface area contributed by atoms with Gasteiger partial charge in [0.05, 0.1) is 19.8 Å². The molecule has 2 aromatic rings. The molecule has 0 saturated carbocycles. The molecule has 0 saturated heterocycles. The lowest BCUT2D eigenvalue weighted by molar-refractivity contribution is -0.132. The molecule has 0 spiro atoms. The van der Waals surface area contributed by atoms with Crippen LogP contribution >= 0.6 is 11.6 Å². The molecule has 1 unspecified atom stereocenters. The minimum absolute atomic E-state index is 0.0649.